The van der Waals surface area contributed by atoms with Crippen molar-refractivity contribution in [3.63, 3.8) is 0 Å². The van der Waals surface area contributed by atoms with E-state index in [1.807, 2.05) is 12.1 Å². The van der Waals surface area contributed by atoms with Crippen LogP contribution < -0.4 is 5.32 Å². The normalized spacial score (nSPS) is 13.0. The number of nitrogens with one attached hydrogen (secondary N) is 1. The highest BCUT2D eigenvalue weighted by atomic mass is 19.1. The molecule has 0 amide bonds. The molecule has 96 valence electrons. The Kier molecular flexibility index (Phi) is 6.20. The molecular weight excluding hydrogens is 213 g/mol. The summed E-state index contributed by atoms with van der Waals surface area (Å²) in [6, 6.07) is 7.44. The van der Waals surface area contributed by atoms with Crippen molar-refractivity contribution < 1.29 is 4.39 Å². The second kappa shape index (κ2) is 7.44. The highest BCUT2D eigenvalue weighted by molar-refractivity contribution is 5.15. The van der Waals surface area contributed by atoms with Crippen molar-refractivity contribution in [1.82, 2.24) is 5.32 Å². The van der Waals surface area contributed by atoms with Crippen LogP contribution in [0.5, 0.6) is 0 Å². The van der Waals surface area contributed by atoms with Gasteiger partial charge in [-0.2, -0.15) is 0 Å². The monoisotopic (exact) mass is 237 g/mol. The molecule has 0 fully saturated rings. The third-order valence-corrected chi connectivity index (χ3v) is 3.16. The molecule has 0 radical (unpaired) electrons. The fraction of sp³-hybridized carbons (Fsp3) is 0.600. The standard InChI is InChI=1S/C15H24FN/c1-4-17-15(12(2)3)7-5-6-13-8-10-14(16)11-9-13/h8-12,15,17H,4-7H2,1-3H3. The lowest BCUT2D eigenvalue weighted by Gasteiger charge is -2.21. The fourth-order valence-electron chi connectivity index (χ4n) is 2.11. The molecule has 1 unspecified atom stereocenters. The Morgan fingerprint density at radius 2 is 1.82 bits per heavy atom. The first-order valence-electron chi connectivity index (χ1n) is 6.61. The lowest BCUT2D eigenvalue weighted by Crippen LogP contribution is -2.33. The number of halogens is 1. The molecule has 0 aliphatic carbocycles. The van der Waals surface area contributed by atoms with Gasteiger partial charge in [-0.15, -0.1) is 0 Å². The molecule has 0 heterocycles. The van der Waals surface area contributed by atoms with Gasteiger partial charge in [-0.05, 0) is 49.4 Å². The Balaban J connectivity index is 2.33. The predicted molar refractivity (Wildman–Crippen MR) is 71.6 cm³/mol. The summed E-state index contributed by atoms with van der Waals surface area (Å²) in [7, 11) is 0. The van der Waals surface area contributed by atoms with Crippen molar-refractivity contribution in [1.29, 1.82) is 0 Å². The molecule has 1 nitrogen and oxygen atoms in total. The van der Waals surface area contributed by atoms with Gasteiger partial charge < -0.3 is 5.32 Å². The molecule has 17 heavy (non-hydrogen) atoms. The first-order valence-corrected chi connectivity index (χ1v) is 6.61. The second-order valence-corrected chi connectivity index (χ2v) is 4.93. The van der Waals surface area contributed by atoms with Crippen LogP contribution in [0.25, 0.3) is 0 Å². The van der Waals surface area contributed by atoms with E-state index in [1.54, 1.807) is 12.1 Å². The Bertz CT molecular complexity index is 305. The van der Waals surface area contributed by atoms with Crippen LogP contribution in [0, 0.1) is 11.7 Å². The predicted octanol–water partition coefficient (Wildman–Crippen LogP) is 3.78. The Labute approximate surface area is 104 Å². The molecule has 0 saturated carbocycles. The Morgan fingerprint density at radius 3 is 2.35 bits per heavy atom. The molecular formula is C15H24FN. The summed E-state index contributed by atoms with van der Waals surface area (Å²) in [6.45, 7) is 7.69. The van der Waals surface area contributed by atoms with Crippen LogP contribution in [-0.4, -0.2) is 12.6 Å². The maximum absolute atomic E-state index is 12.7. The molecule has 0 aliphatic heterocycles. The van der Waals surface area contributed by atoms with Crippen molar-refractivity contribution in [3.05, 3.63) is 35.6 Å². The average molecular weight is 237 g/mol. The van der Waals surface area contributed by atoms with Crippen molar-refractivity contribution in [3.8, 4) is 0 Å². The van der Waals surface area contributed by atoms with Crippen LogP contribution in [0.15, 0.2) is 24.3 Å². The molecule has 0 aromatic heterocycles. The van der Waals surface area contributed by atoms with E-state index in [0.717, 1.165) is 19.4 Å². The van der Waals surface area contributed by atoms with Crippen molar-refractivity contribution >= 4 is 0 Å². The van der Waals surface area contributed by atoms with E-state index in [1.165, 1.54) is 12.0 Å². The summed E-state index contributed by atoms with van der Waals surface area (Å²) in [6.07, 6.45) is 3.37. The Morgan fingerprint density at radius 1 is 1.18 bits per heavy atom. The van der Waals surface area contributed by atoms with Gasteiger partial charge in [0.25, 0.3) is 0 Å². The van der Waals surface area contributed by atoms with E-state index in [-0.39, 0.29) is 5.82 Å². The Hall–Kier alpha value is -0.890. The minimum atomic E-state index is -0.151. The van der Waals surface area contributed by atoms with Gasteiger partial charge in [0.15, 0.2) is 0 Å². The van der Waals surface area contributed by atoms with Crippen LogP contribution in [-0.2, 0) is 6.42 Å². The molecule has 0 spiro atoms. The second-order valence-electron chi connectivity index (χ2n) is 4.93. The summed E-state index contributed by atoms with van der Waals surface area (Å²) in [5.74, 6) is 0.518. The van der Waals surface area contributed by atoms with Gasteiger partial charge >= 0.3 is 0 Å². The van der Waals surface area contributed by atoms with Gasteiger partial charge in [-0.25, -0.2) is 4.39 Å². The van der Waals surface area contributed by atoms with Crippen LogP contribution in [0.4, 0.5) is 4.39 Å². The SMILES string of the molecule is CCNC(CCCc1ccc(F)cc1)C(C)C. The molecule has 1 atom stereocenters. The smallest absolute Gasteiger partial charge is 0.123 e. The van der Waals surface area contributed by atoms with E-state index < -0.39 is 0 Å². The molecule has 0 saturated heterocycles. The van der Waals surface area contributed by atoms with Gasteiger partial charge in [0.2, 0.25) is 0 Å². The quantitative estimate of drug-likeness (QED) is 0.761. The number of hydrogen-bond donors (Lipinski definition) is 1. The van der Waals surface area contributed by atoms with E-state index in [2.05, 4.69) is 26.1 Å². The zero-order valence-electron chi connectivity index (χ0n) is 11.2. The van der Waals surface area contributed by atoms with Crippen LogP contribution >= 0.6 is 0 Å². The largest absolute Gasteiger partial charge is 0.314 e. The zero-order chi connectivity index (χ0) is 12.7. The van der Waals surface area contributed by atoms with Gasteiger partial charge in [0.1, 0.15) is 5.82 Å². The molecule has 1 N–H and O–H groups in total. The van der Waals surface area contributed by atoms with Gasteiger partial charge in [0.05, 0.1) is 0 Å². The minimum absolute atomic E-state index is 0.151. The van der Waals surface area contributed by atoms with Crippen LogP contribution in [0.1, 0.15) is 39.2 Å². The lowest BCUT2D eigenvalue weighted by atomic mass is 9.97. The third-order valence-electron chi connectivity index (χ3n) is 3.16. The zero-order valence-corrected chi connectivity index (χ0v) is 11.2. The van der Waals surface area contributed by atoms with E-state index in [4.69, 9.17) is 0 Å². The van der Waals surface area contributed by atoms with E-state index >= 15 is 0 Å². The summed E-state index contributed by atoms with van der Waals surface area (Å²) >= 11 is 0. The molecule has 0 aliphatic rings. The average Bonchev–Trinajstić information content (AvgIpc) is 2.30. The van der Waals surface area contributed by atoms with Gasteiger partial charge in [-0.1, -0.05) is 32.9 Å². The maximum Gasteiger partial charge on any atom is 0.123 e. The number of rotatable bonds is 7. The highest BCUT2D eigenvalue weighted by Gasteiger charge is 2.10. The van der Waals surface area contributed by atoms with Crippen molar-refractivity contribution in [2.75, 3.05) is 6.54 Å². The topological polar surface area (TPSA) is 12.0 Å². The molecule has 1 aromatic rings. The number of aryl methyl sites for hydroxylation is 1. The van der Waals surface area contributed by atoms with E-state index in [0.29, 0.717) is 12.0 Å². The van der Waals surface area contributed by atoms with Crippen molar-refractivity contribution in [2.24, 2.45) is 5.92 Å². The van der Waals surface area contributed by atoms with Gasteiger partial charge in [0, 0.05) is 6.04 Å². The lowest BCUT2D eigenvalue weighted by molar-refractivity contribution is 0.377. The summed E-state index contributed by atoms with van der Waals surface area (Å²) in [5, 5.41) is 3.52. The summed E-state index contributed by atoms with van der Waals surface area (Å²) in [5.41, 5.74) is 1.23. The summed E-state index contributed by atoms with van der Waals surface area (Å²) < 4.78 is 12.7. The summed E-state index contributed by atoms with van der Waals surface area (Å²) in [4.78, 5) is 0. The molecule has 1 rings (SSSR count). The van der Waals surface area contributed by atoms with Crippen molar-refractivity contribution in [2.45, 2.75) is 46.1 Å². The van der Waals surface area contributed by atoms with Crippen LogP contribution in [0.2, 0.25) is 0 Å². The molecule has 0 bridgehead atoms. The number of hydrogen-bond acceptors (Lipinski definition) is 1. The molecule has 2 heteroatoms. The van der Waals surface area contributed by atoms with E-state index in [9.17, 15) is 4.39 Å². The first kappa shape index (κ1) is 14.2. The fourth-order valence-corrected chi connectivity index (χ4v) is 2.11. The molecule has 1 aromatic carbocycles. The third kappa shape index (κ3) is 5.31. The first-order chi connectivity index (χ1) is 8.13. The van der Waals surface area contributed by atoms with Gasteiger partial charge in [-0.3, -0.25) is 0 Å². The number of benzene rings is 1. The van der Waals surface area contributed by atoms with Crippen LogP contribution in [0.3, 0.4) is 0 Å². The minimum Gasteiger partial charge on any atom is -0.314 e. The maximum atomic E-state index is 12.7. The highest BCUT2D eigenvalue weighted by Crippen LogP contribution is 2.12.